The molecule has 4 unspecified atom stereocenters. The molecule has 0 aliphatic heterocycles. The number of aryl methyl sites for hydroxylation is 1. The van der Waals surface area contributed by atoms with Crippen molar-refractivity contribution in [1.82, 2.24) is 29.1 Å². The highest BCUT2D eigenvalue weighted by atomic mass is 19.1. The van der Waals surface area contributed by atoms with Gasteiger partial charge in [0.15, 0.2) is 17.4 Å². The Labute approximate surface area is 306 Å². The molecule has 6 aromatic rings. The van der Waals surface area contributed by atoms with E-state index in [0.29, 0.717) is 45.2 Å². The van der Waals surface area contributed by atoms with Crippen molar-refractivity contribution in [2.24, 2.45) is 4.99 Å². The number of nitrogens with zero attached hydrogens (tertiary/aromatic N) is 7. The Bertz CT molecular complexity index is 2370. The first-order chi connectivity index (χ1) is 26.0. The Kier molecular flexibility index (Phi) is 9.29. The third kappa shape index (κ3) is 6.24. The molecule has 0 bridgehead atoms. The molecule has 2 saturated carbocycles. The van der Waals surface area contributed by atoms with Crippen LogP contribution in [0.3, 0.4) is 0 Å². The predicted octanol–water partition coefficient (Wildman–Crippen LogP) is 3.77. The van der Waals surface area contributed by atoms with Crippen molar-refractivity contribution in [2.75, 3.05) is 7.05 Å². The molecule has 54 heavy (non-hydrogen) atoms. The summed E-state index contributed by atoms with van der Waals surface area (Å²) in [4.78, 5) is 22.5. The number of aliphatic hydroxyl groups is 4. The van der Waals surface area contributed by atoms with E-state index in [0.717, 1.165) is 17.5 Å². The number of halogens is 3. The normalized spacial score (nSPS) is 25.7. The maximum Gasteiger partial charge on any atom is 0.191 e. The zero-order valence-electron chi connectivity index (χ0n) is 29.0. The minimum atomic E-state index is -1.43. The lowest BCUT2D eigenvalue weighted by molar-refractivity contribution is -0.0181. The SMILES string of the molecule is C/N=C/c1cc(F)ccc1OC1CC(n2ccc3c(C)nc(Cc4ncnc5c4ccn5C4CC(Oc5c(F)cccc5F)[C@@H](O)[C@H]4O)nc32)[C@H](O)[C@@H]1O. The van der Waals surface area contributed by atoms with Crippen molar-refractivity contribution < 1.29 is 43.1 Å². The van der Waals surface area contributed by atoms with Crippen LogP contribution in [-0.2, 0) is 6.42 Å². The van der Waals surface area contributed by atoms with Crippen LogP contribution < -0.4 is 9.47 Å². The van der Waals surface area contributed by atoms with E-state index in [2.05, 4.69) is 15.0 Å². The molecule has 4 N–H and O–H groups in total. The van der Waals surface area contributed by atoms with Crippen LogP contribution in [0.2, 0.25) is 0 Å². The van der Waals surface area contributed by atoms with Crippen molar-refractivity contribution in [3.8, 4) is 11.5 Å². The molecule has 0 radical (unpaired) electrons. The van der Waals surface area contributed by atoms with E-state index in [1.807, 2.05) is 13.0 Å². The Morgan fingerprint density at radius 1 is 0.796 bits per heavy atom. The van der Waals surface area contributed by atoms with Crippen LogP contribution >= 0.6 is 0 Å². The predicted molar refractivity (Wildman–Crippen MR) is 189 cm³/mol. The fourth-order valence-electron chi connectivity index (χ4n) is 7.67. The van der Waals surface area contributed by atoms with Crippen molar-refractivity contribution >= 4 is 28.3 Å². The molecule has 16 heteroatoms. The number of rotatable bonds is 9. The molecule has 280 valence electrons. The third-order valence-corrected chi connectivity index (χ3v) is 10.3. The monoisotopic (exact) mass is 743 g/mol. The van der Waals surface area contributed by atoms with Crippen molar-refractivity contribution in [3.05, 3.63) is 107 Å². The first-order valence-electron chi connectivity index (χ1n) is 17.4. The van der Waals surface area contributed by atoms with Gasteiger partial charge in [0.05, 0.1) is 29.9 Å². The number of aromatic nitrogens is 6. The number of aliphatic hydroxyl groups excluding tert-OH is 4. The minimum Gasteiger partial charge on any atom is -0.487 e. The number of fused-ring (bicyclic) bond motifs is 2. The summed E-state index contributed by atoms with van der Waals surface area (Å²) >= 11 is 0. The third-order valence-electron chi connectivity index (χ3n) is 10.3. The molecule has 2 aliphatic carbocycles. The first-order valence-corrected chi connectivity index (χ1v) is 17.4. The van der Waals surface area contributed by atoms with Gasteiger partial charge in [-0.25, -0.2) is 33.1 Å². The Balaban J connectivity index is 1.05. The summed E-state index contributed by atoms with van der Waals surface area (Å²) < 4.78 is 57.6. The van der Waals surface area contributed by atoms with E-state index in [9.17, 15) is 33.6 Å². The molecular weight excluding hydrogens is 707 g/mol. The smallest absolute Gasteiger partial charge is 0.191 e. The lowest BCUT2D eigenvalue weighted by atomic mass is 10.2. The van der Waals surface area contributed by atoms with Gasteiger partial charge < -0.3 is 39.0 Å². The van der Waals surface area contributed by atoms with Gasteiger partial charge in [-0.2, -0.15) is 0 Å². The van der Waals surface area contributed by atoms with Gasteiger partial charge in [-0.3, -0.25) is 4.99 Å². The van der Waals surface area contributed by atoms with Gasteiger partial charge in [0.2, 0.25) is 0 Å². The maximum atomic E-state index is 14.3. The van der Waals surface area contributed by atoms with Crippen LogP contribution in [0.5, 0.6) is 11.5 Å². The van der Waals surface area contributed by atoms with Crippen LogP contribution in [0.15, 0.2) is 72.2 Å². The summed E-state index contributed by atoms with van der Waals surface area (Å²) in [6, 6.07) is 9.60. The van der Waals surface area contributed by atoms with E-state index >= 15 is 0 Å². The summed E-state index contributed by atoms with van der Waals surface area (Å²) in [5, 5.41) is 45.5. The molecule has 4 heterocycles. The van der Waals surface area contributed by atoms with Crippen LogP contribution in [0.25, 0.3) is 22.1 Å². The van der Waals surface area contributed by atoms with Gasteiger partial charge in [0, 0.05) is 54.8 Å². The lowest BCUT2D eigenvalue weighted by Crippen LogP contribution is -2.34. The largest absolute Gasteiger partial charge is 0.487 e. The highest BCUT2D eigenvalue weighted by Crippen LogP contribution is 2.39. The van der Waals surface area contributed by atoms with E-state index in [1.165, 1.54) is 36.8 Å². The number of ether oxygens (including phenoxy) is 2. The molecule has 8 atom stereocenters. The van der Waals surface area contributed by atoms with Crippen molar-refractivity contribution in [1.29, 1.82) is 0 Å². The quantitative estimate of drug-likeness (QED) is 0.160. The van der Waals surface area contributed by atoms with E-state index in [-0.39, 0.29) is 19.3 Å². The average molecular weight is 744 g/mol. The topological polar surface area (TPSA) is 173 Å². The second-order valence-corrected chi connectivity index (χ2v) is 13.6. The Morgan fingerprint density at radius 2 is 1.44 bits per heavy atom. The van der Waals surface area contributed by atoms with Crippen molar-refractivity contribution in [3.63, 3.8) is 0 Å². The second kappa shape index (κ2) is 14.1. The molecule has 0 saturated heterocycles. The highest BCUT2D eigenvalue weighted by Gasteiger charge is 2.46. The van der Waals surface area contributed by atoms with E-state index in [4.69, 9.17) is 19.4 Å². The number of benzene rings is 2. The van der Waals surface area contributed by atoms with E-state index in [1.54, 1.807) is 34.6 Å². The lowest BCUT2D eigenvalue weighted by Gasteiger charge is -2.19. The Hall–Kier alpha value is -5.42. The molecular formula is C38H36F3N7O6. The molecule has 2 aromatic carbocycles. The van der Waals surface area contributed by atoms with Crippen LogP contribution in [-0.4, -0.2) is 99.4 Å². The Morgan fingerprint density at radius 3 is 2.13 bits per heavy atom. The molecule has 2 aliphatic rings. The van der Waals surface area contributed by atoms with Gasteiger partial charge >= 0.3 is 0 Å². The minimum absolute atomic E-state index is 0.0425. The fraction of sp³-hybridized carbons (Fsp3) is 0.342. The summed E-state index contributed by atoms with van der Waals surface area (Å²) in [5.41, 5.74) is 2.67. The zero-order chi connectivity index (χ0) is 37.8. The molecule has 8 rings (SSSR count). The van der Waals surface area contributed by atoms with Crippen LogP contribution in [0, 0.1) is 24.4 Å². The average Bonchev–Trinajstić information content (AvgIpc) is 3.90. The van der Waals surface area contributed by atoms with E-state index < -0.39 is 71.9 Å². The summed E-state index contributed by atoms with van der Waals surface area (Å²) in [7, 11) is 1.55. The number of aliphatic imine (C=N–C) groups is 1. The molecule has 0 spiro atoms. The molecule has 2 fully saturated rings. The van der Waals surface area contributed by atoms with Gasteiger partial charge in [0.25, 0.3) is 0 Å². The molecule has 13 nitrogen and oxygen atoms in total. The van der Waals surface area contributed by atoms with Crippen LogP contribution in [0.1, 0.15) is 47.7 Å². The molecule has 4 aromatic heterocycles. The summed E-state index contributed by atoms with van der Waals surface area (Å²) in [6.07, 6.45) is -0.311. The number of para-hydroxylation sites is 1. The summed E-state index contributed by atoms with van der Waals surface area (Å²) in [6.45, 7) is 1.85. The standard InChI is InChI=1S/C38H36F3N7O6/c1-18-21-8-10-48(27-14-29(34(51)33(27)50)53-28-7-6-20(39)12-19(28)16-42-2)38(21)46-31(45-18)13-25-22-9-11-47(37(22)44-17-43-25)26-15-30(35(52)32(26)49)54-36-23(40)4-3-5-24(36)41/h3-12,16-17,26-27,29-30,32-35,49-52H,13-15H2,1-2H3/b42-16+/t26?,27?,29?,30?,32-,33-,34+,35+/m0/s1. The fourth-order valence-corrected chi connectivity index (χ4v) is 7.67. The first kappa shape index (κ1) is 35.6. The summed E-state index contributed by atoms with van der Waals surface area (Å²) in [5.74, 6) is -2.16. The highest BCUT2D eigenvalue weighted by molar-refractivity contribution is 5.83. The zero-order valence-corrected chi connectivity index (χ0v) is 29.0. The second-order valence-electron chi connectivity index (χ2n) is 13.6. The number of hydrogen-bond donors (Lipinski definition) is 4. The maximum absolute atomic E-state index is 14.3. The van der Waals surface area contributed by atoms with Gasteiger partial charge in [-0.15, -0.1) is 0 Å². The van der Waals surface area contributed by atoms with Crippen LogP contribution in [0.4, 0.5) is 13.2 Å². The van der Waals surface area contributed by atoms with Gasteiger partial charge in [-0.1, -0.05) is 6.07 Å². The number of hydrogen-bond acceptors (Lipinski definition) is 11. The van der Waals surface area contributed by atoms with Gasteiger partial charge in [-0.05, 0) is 49.4 Å². The van der Waals surface area contributed by atoms with Crippen molar-refractivity contribution in [2.45, 2.75) is 74.9 Å². The van der Waals surface area contributed by atoms with Gasteiger partial charge in [0.1, 0.15) is 71.6 Å². The molecule has 0 amide bonds.